The summed E-state index contributed by atoms with van der Waals surface area (Å²) in [5.41, 5.74) is 3.31. The Labute approximate surface area is 150 Å². The molecule has 5 heteroatoms. The van der Waals surface area contributed by atoms with E-state index in [2.05, 4.69) is 29.0 Å². The van der Waals surface area contributed by atoms with Crippen molar-refractivity contribution in [1.82, 2.24) is 4.72 Å². The molecule has 0 spiro atoms. The normalized spacial score (nSPS) is 21.4. The van der Waals surface area contributed by atoms with Crippen LogP contribution in [0.15, 0.2) is 54.6 Å². The second-order valence-electron chi connectivity index (χ2n) is 6.74. The number of hydrogen-bond acceptors (Lipinski definition) is 3. The molecule has 1 heterocycles. The lowest BCUT2D eigenvalue weighted by atomic mass is 9.95. The van der Waals surface area contributed by atoms with Crippen LogP contribution in [0.4, 0.5) is 0 Å². The van der Waals surface area contributed by atoms with E-state index < -0.39 is 15.3 Å². The Morgan fingerprint density at radius 3 is 2.28 bits per heavy atom. The predicted octanol–water partition coefficient (Wildman–Crippen LogP) is 3.90. The van der Waals surface area contributed by atoms with E-state index in [1.165, 1.54) is 0 Å². The third-order valence-electron chi connectivity index (χ3n) is 4.60. The maximum absolute atomic E-state index is 12.2. The Morgan fingerprint density at radius 2 is 1.64 bits per heavy atom. The van der Waals surface area contributed by atoms with E-state index >= 15 is 0 Å². The van der Waals surface area contributed by atoms with Crippen LogP contribution < -0.4 is 4.72 Å². The third kappa shape index (κ3) is 4.29. The van der Waals surface area contributed by atoms with Gasteiger partial charge >= 0.3 is 0 Å². The molecule has 1 aliphatic heterocycles. The molecule has 2 aromatic rings. The van der Waals surface area contributed by atoms with Crippen molar-refractivity contribution in [1.29, 1.82) is 0 Å². The monoisotopic (exact) mass is 359 g/mol. The van der Waals surface area contributed by atoms with Gasteiger partial charge in [0.2, 0.25) is 10.0 Å². The van der Waals surface area contributed by atoms with Crippen molar-refractivity contribution >= 4 is 10.0 Å². The molecule has 0 radical (unpaired) electrons. The molecule has 134 valence electrons. The number of sulfonamides is 1. The molecular weight excluding hydrogens is 334 g/mol. The van der Waals surface area contributed by atoms with Gasteiger partial charge in [0, 0.05) is 6.61 Å². The molecule has 1 aliphatic rings. The molecule has 2 atom stereocenters. The quantitative estimate of drug-likeness (QED) is 0.881. The van der Waals surface area contributed by atoms with Crippen molar-refractivity contribution in [2.24, 2.45) is 0 Å². The molecule has 25 heavy (non-hydrogen) atoms. The summed E-state index contributed by atoms with van der Waals surface area (Å²) in [6.07, 6.45) is 1.41. The molecule has 0 bridgehead atoms. The summed E-state index contributed by atoms with van der Waals surface area (Å²) in [6.45, 7) is 4.04. The van der Waals surface area contributed by atoms with Gasteiger partial charge in [0.1, 0.15) is 0 Å². The number of rotatable bonds is 5. The van der Waals surface area contributed by atoms with Crippen LogP contribution in [-0.4, -0.2) is 26.3 Å². The summed E-state index contributed by atoms with van der Waals surface area (Å²) in [4.78, 5) is 0. The Morgan fingerprint density at radius 1 is 1.00 bits per heavy atom. The lowest BCUT2D eigenvalue weighted by Crippen LogP contribution is -2.45. The highest BCUT2D eigenvalue weighted by molar-refractivity contribution is 7.90. The first-order valence-corrected chi connectivity index (χ1v) is 10.3. The molecular formula is C20H25NO3S. The summed E-state index contributed by atoms with van der Waals surface area (Å²) in [5.74, 6) is 0. The zero-order valence-electron chi connectivity index (χ0n) is 14.7. The Kier molecular flexibility index (Phi) is 5.57. The molecule has 1 saturated heterocycles. The van der Waals surface area contributed by atoms with Gasteiger partial charge in [-0.2, -0.15) is 0 Å². The highest BCUT2D eigenvalue weighted by Crippen LogP contribution is 2.31. The van der Waals surface area contributed by atoms with Gasteiger partial charge in [-0.25, -0.2) is 13.1 Å². The van der Waals surface area contributed by atoms with Crippen LogP contribution in [0.3, 0.4) is 0 Å². The van der Waals surface area contributed by atoms with Crippen molar-refractivity contribution in [3.8, 4) is 11.1 Å². The van der Waals surface area contributed by atoms with Crippen LogP contribution in [0.5, 0.6) is 0 Å². The van der Waals surface area contributed by atoms with Gasteiger partial charge in [-0.15, -0.1) is 0 Å². The molecule has 2 aromatic carbocycles. The lowest BCUT2D eigenvalue weighted by Gasteiger charge is -2.33. The molecule has 4 nitrogen and oxygen atoms in total. The van der Waals surface area contributed by atoms with Crippen LogP contribution in [0.2, 0.25) is 0 Å². The fourth-order valence-electron chi connectivity index (χ4n) is 3.07. The van der Waals surface area contributed by atoms with E-state index in [-0.39, 0.29) is 12.1 Å². The van der Waals surface area contributed by atoms with Gasteiger partial charge < -0.3 is 4.74 Å². The minimum absolute atomic E-state index is 0.219. The predicted molar refractivity (Wildman–Crippen MR) is 101 cm³/mol. The number of hydrogen-bond donors (Lipinski definition) is 1. The molecule has 0 aromatic heterocycles. The first-order valence-electron chi connectivity index (χ1n) is 8.75. The average molecular weight is 359 g/mol. The van der Waals surface area contributed by atoms with Crippen LogP contribution in [0.1, 0.15) is 38.4 Å². The third-order valence-corrected chi connectivity index (χ3v) is 6.48. The molecule has 3 rings (SSSR count). The van der Waals surface area contributed by atoms with Crippen molar-refractivity contribution in [3.63, 3.8) is 0 Å². The largest absolute Gasteiger partial charge is 0.372 e. The van der Waals surface area contributed by atoms with Gasteiger partial charge in [-0.3, -0.25) is 0 Å². The Balaban J connectivity index is 1.81. The minimum Gasteiger partial charge on any atom is -0.372 e. The van der Waals surface area contributed by atoms with Crippen LogP contribution in [0, 0.1) is 0 Å². The van der Waals surface area contributed by atoms with Crippen molar-refractivity contribution in [2.45, 2.75) is 44.1 Å². The molecule has 0 aliphatic carbocycles. The van der Waals surface area contributed by atoms with Gasteiger partial charge in [-0.05, 0) is 43.4 Å². The second-order valence-corrected chi connectivity index (χ2v) is 9.01. The molecule has 1 N–H and O–H groups in total. The van der Waals surface area contributed by atoms with Crippen molar-refractivity contribution < 1.29 is 13.2 Å². The van der Waals surface area contributed by atoms with E-state index in [1.54, 1.807) is 13.8 Å². The van der Waals surface area contributed by atoms with E-state index in [9.17, 15) is 8.42 Å². The summed E-state index contributed by atoms with van der Waals surface area (Å²) < 4.78 is 33.3. The highest BCUT2D eigenvalue weighted by atomic mass is 32.2. The molecule has 1 fully saturated rings. The van der Waals surface area contributed by atoms with Gasteiger partial charge in [0.25, 0.3) is 0 Å². The molecule has 2 unspecified atom stereocenters. The first kappa shape index (κ1) is 18.1. The summed E-state index contributed by atoms with van der Waals surface area (Å²) in [7, 11) is -3.32. The maximum Gasteiger partial charge on any atom is 0.214 e. The zero-order chi connectivity index (χ0) is 17.9. The number of benzene rings is 2. The Hall–Kier alpha value is -1.69. The number of ether oxygens (including phenoxy) is 1. The van der Waals surface area contributed by atoms with E-state index in [4.69, 9.17) is 4.74 Å². The standard InChI is InChI=1S/C20H25NO3S/c1-15(2)25(22,23)21-19-9-6-14-24-20(19)18-12-10-17(11-13-18)16-7-4-3-5-8-16/h3-5,7-8,10-13,15,19-21H,6,9,14H2,1-2H3. The second kappa shape index (κ2) is 7.68. The number of nitrogens with one attached hydrogen (secondary N) is 1. The van der Waals surface area contributed by atoms with Crippen LogP contribution in [0.25, 0.3) is 11.1 Å². The fraction of sp³-hybridized carbons (Fsp3) is 0.400. The van der Waals surface area contributed by atoms with Gasteiger partial charge in [0.05, 0.1) is 17.4 Å². The zero-order valence-corrected chi connectivity index (χ0v) is 15.5. The summed E-state index contributed by atoms with van der Waals surface area (Å²) >= 11 is 0. The fourth-order valence-corrected chi connectivity index (χ4v) is 4.01. The lowest BCUT2D eigenvalue weighted by molar-refractivity contribution is -0.00446. The Bertz CT molecular complexity index is 785. The molecule has 0 saturated carbocycles. The highest BCUT2D eigenvalue weighted by Gasteiger charge is 2.31. The summed E-state index contributed by atoms with van der Waals surface area (Å²) in [5, 5.41) is -0.449. The van der Waals surface area contributed by atoms with Crippen molar-refractivity contribution in [2.75, 3.05) is 6.61 Å². The average Bonchev–Trinajstić information content (AvgIpc) is 2.63. The van der Waals surface area contributed by atoms with E-state index in [0.29, 0.717) is 6.61 Å². The SMILES string of the molecule is CC(C)S(=O)(=O)NC1CCCOC1c1ccc(-c2ccccc2)cc1. The van der Waals surface area contributed by atoms with Gasteiger partial charge in [0.15, 0.2) is 0 Å². The topological polar surface area (TPSA) is 55.4 Å². The minimum atomic E-state index is -3.32. The van der Waals surface area contributed by atoms with Crippen LogP contribution >= 0.6 is 0 Å². The van der Waals surface area contributed by atoms with E-state index in [1.807, 2.05) is 30.3 Å². The van der Waals surface area contributed by atoms with Crippen molar-refractivity contribution in [3.05, 3.63) is 60.2 Å². The van der Waals surface area contributed by atoms with Gasteiger partial charge in [-0.1, -0.05) is 54.6 Å². The van der Waals surface area contributed by atoms with Crippen LogP contribution in [-0.2, 0) is 14.8 Å². The maximum atomic E-state index is 12.2. The smallest absolute Gasteiger partial charge is 0.214 e. The molecule has 0 amide bonds. The summed E-state index contributed by atoms with van der Waals surface area (Å²) in [6, 6.07) is 18.2. The van der Waals surface area contributed by atoms with E-state index in [0.717, 1.165) is 29.5 Å². The first-order chi connectivity index (χ1) is 12.0.